The van der Waals surface area contributed by atoms with Crippen LogP contribution in [0.3, 0.4) is 0 Å². The maximum atomic E-state index is 12.9. The van der Waals surface area contributed by atoms with E-state index in [1.165, 1.54) is 0 Å². The highest BCUT2D eigenvalue weighted by Gasteiger charge is 2.27. The molecule has 2 atom stereocenters. The smallest absolute Gasteiger partial charge is 0.328 e. The number of aliphatic hydroxyl groups is 1. The standard InChI is InChI=1S/C25H27Cl2N5O5/c26-19-10-16(5-1-3-15-4-2-6-17(33)9-15)11-20(27)22(19)23(35)31-21(24(36)37)12-29-25(30-14-28)32-8-7-18(34)13-32/h2,4,6,9-11,18,21,33-34H,1,3,5,7-8,12-13H2,(H,29,30)(H,31,35)(H,36,37)/t18-,21-/m0/s1. The second-order valence-corrected chi connectivity index (χ2v) is 9.44. The Morgan fingerprint density at radius 1 is 1.19 bits per heavy atom. The van der Waals surface area contributed by atoms with Crippen molar-refractivity contribution in [3.8, 4) is 11.9 Å². The topological polar surface area (TPSA) is 158 Å². The summed E-state index contributed by atoms with van der Waals surface area (Å²) in [5.74, 6) is -1.75. The number of aliphatic hydroxyl groups excluding tert-OH is 1. The van der Waals surface area contributed by atoms with Gasteiger partial charge in [0.25, 0.3) is 5.91 Å². The normalized spacial score (nSPS) is 16.2. The number of benzene rings is 2. The van der Waals surface area contributed by atoms with E-state index in [1.807, 2.05) is 6.07 Å². The number of nitrogens with zero attached hydrogens (tertiary/aromatic N) is 3. The second-order valence-electron chi connectivity index (χ2n) is 8.63. The first-order valence-electron chi connectivity index (χ1n) is 11.6. The summed E-state index contributed by atoms with van der Waals surface area (Å²) in [6, 6.07) is 8.87. The Kier molecular flexibility index (Phi) is 9.97. The van der Waals surface area contributed by atoms with E-state index in [-0.39, 0.29) is 40.4 Å². The molecule has 0 radical (unpaired) electrons. The van der Waals surface area contributed by atoms with Crippen molar-refractivity contribution >= 4 is 41.0 Å². The summed E-state index contributed by atoms with van der Waals surface area (Å²) in [5.41, 5.74) is 1.76. The number of aromatic hydroxyl groups is 1. The lowest BCUT2D eigenvalue weighted by Crippen LogP contribution is -2.51. The molecule has 5 N–H and O–H groups in total. The van der Waals surface area contributed by atoms with Gasteiger partial charge < -0.3 is 30.9 Å². The van der Waals surface area contributed by atoms with Crippen molar-refractivity contribution in [1.29, 1.82) is 5.26 Å². The van der Waals surface area contributed by atoms with Gasteiger partial charge in [0.15, 0.2) is 0 Å². The number of carboxylic acid groups (broad SMARTS) is 1. The van der Waals surface area contributed by atoms with Crippen molar-refractivity contribution in [2.75, 3.05) is 19.6 Å². The van der Waals surface area contributed by atoms with Crippen LogP contribution in [-0.2, 0) is 17.6 Å². The molecular weight excluding hydrogens is 521 g/mol. The summed E-state index contributed by atoms with van der Waals surface area (Å²) in [7, 11) is 0. The van der Waals surface area contributed by atoms with E-state index < -0.39 is 24.0 Å². The highest BCUT2D eigenvalue weighted by Crippen LogP contribution is 2.28. The van der Waals surface area contributed by atoms with Gasteiger partial charge in [-0.3, -0.25) is 4.79 Å². The van der Waals surface area contributed by atoms with Crippen LogP contribution in [0.5, 0.6) is 5.75 Å². The van der Waals surface area contributed by atoms with Crippen LogP contribution in [0.25, 0.3) is 0 Å². The molecule has 1 fully saturated rings. The Bertz CT molecular complexity index is 1190. The number of likely N-dealkylation sites (tertiary alicyclic amines) is 1. The molecule has 37 heavy (non-hydrogen) atoms. The first-order chi connectivity index (χ1) is 17.7. The molecule has 0 saturated carbocycles. The average Bonchev–Trinajstić information content (AvgIpc) is 3.26. The van der Waals surface area contributed by atoms with E-state index >= 15 is 0 Å². The molecule has 3 rings (SSSR count). The van der Waals surface area contributed by atoms with Gasteiger partial charge in [0, 0.05) is 19.6 Å². The van der Waals surface area contributed by atoms with Crippen LogP contribution in [0.1, 0.15) is 34.3 Å². The minimum atomic E-state index is -1.38. The average molecular weight is 548 g/mol. The Morgan fingerprint density at radius 2 is 1.89 bits per heavy atom. The summed E-state index contributed by atoms with van der Waals surface area (Å²) >= 11 is 12.7. The molecule has 0 bridgehead atoms. The predicted molar refractivity (Wildman–Crippen MR) is 139 cm³/mol. The lowest BCUT2D eigenvalue weighted by atomic mass is 10.0. The minimum absolute atomic E-state index is 0.0418. The van der Waals surface area contributed by atoms with Crippen LogP contribution in [0.15, 0.2) is 41.4 Å². The van der Waals surface area contributed by atoms with Crippen LogP contribution in [-0.4, -0.2) is 69.8 Å². The lowest BCUT2D eigenvalue weighted by Gasteiger charge is -2.22. The summed E-state index contributed by atoms with van der Waals surface area (Å²) in [6.45, 7) is 0.434. The van der Waals surface area contributed by atoms with Crippen LogP contribution >= 0.6 is 23.2 Å². The number of hydrogen-bond acceptors (Lipinski definition) is 6. The van der Waals surface area contributed by atoms with Crippen molar-refractivity contribution in [2.24, 2.45) is 4.99 Å². The fraction of sp³-hybridized carbons (Fsp3) is 0.360. The first-order valence-corrected chi connectivity index (χ1v) is 12.4. The van der Waals surface area contributed by atoms with Crippen LogP contribution in [0.2, 0.25) is 10.0 Å². The number of rotatable bonds is 9. The van der Waals surface area contributed by atoms with Gasteiger partial charge in [-0.05, 0) is 61.1 Å². The van der Waals surface area contributed by atoms with Gasteiger partial charge in [-0.2, -0.15) is 5.26 Å². The second kappa shape index (κ2) is 13.1. The Hall–Kier alpha value is -3.52. The number of hydrogen-bond donors (Lipinski definition) is 5. The van der Waals surface area contributed by atoms with E-state index in [0.29, 0.717) is 19.4 Å². The molecule has 0 aliphatic carbocycles. The molecule has 0 spiro atoms. The number of carbonyl (C=O) groups excluding carboxylic acids is 1. The van der Waals surface area contributed by atoms with Gasteiger partial charge in [-0.15, -0.1) is 4.99 Å². The maximum Gasteiger partial charge on any atom is 0.328 e. The van der Waals surface area contributed by atoms with Crippen molar-refractivity contribution < 1.29 is 24.9 Å². The number of phenols is 1. The Labute approximate surface area is 224 Å². The third-order valence-corrected chi connectivity index (χ3v) is 6.45. The van der Waals surface area contributed by atoms with Crippen molar-refractivity contribution in [3.63, 3.8) is 0 Å². The van der Waals surface area contributed by atoms with Gasteiger partial charge in [-0.1, -0.05) is 35.3 Å². The number of β-amino-alcohol motifs (C(OH)–C–C–N with tert-alkyl or cyclic N) is 1. The van der Waals surface area contributed by atoms with E-state index in [4.69, 9.17) is 28.5 Å². The summed E-state index contributed by atoms with van der Waals surface area (Å²) in [4.78, 5) is 30.0. The van der Waals surface area contributed by atoms with Gasteiger partial charge in [0.2, 0.25) is 12.2 Å². The number of phenolic OH excluding ortho intramolecular Hbond substituents is 1. The number of halogens is 2. The Morgan fingerprint density at radius 3 is 2.49 bits per heavy atom. The van der Waals surface area contributed by atoms with Crippen LogP contribution < -0.4 is 10.6 Å². The lowest BCUT2D eigenvalue weighted by molar-refractivity contribution is -0.139. The van der Waals surface area contributed by atoms with Crippen molar-refractivity contribution in [2.45, 2.75) is 37.8 Å². The molecule has 2 aromatic carbocycles. The van der Waals surface area contributed by atoms with Crippen molar-refractivity contribution in [3.05, 3.63) is 63.1 Å². The SMILES string of the molecule is N#C/N=C(/NC[C@H](NC(=O)c1c(Cl)cc(CCCc2cccc(O)c2)cc1Cl)C(=O)O)N1CC[C@H](O)C1. The van der Waals surface area contributed by atoms with Gasteiger partial charge in [0.05, 0.1) is 21.7 Å². The zero-order valence-corrected chi connectivity index (χ0v) is 21.3. The van der Waals surface area contributed by atoms with Crippen LogP contribution in [0, 0.1) is 11.5 Å². The number of guanidine groups is 1. The monoisotopic (exact) mass is 547 g/mol. The predicted octanol–water partition coefficient (Wildman–Crippen LogP) is 2.55. The molecule has 2 aromatic rings. The highest BCUT2D eigenvalue weighted by molar-refractivity contribution is 6.39. The molecule has 0 aromatic heterocycles. The molecule has 196 valence electrons. The molecule has 1 saturated heterocycles. The number of aliphatic carboxylic acids is 1. The molecule has 10 nitrogen and oxygen atoms in total. The largest absolute Gasteiger partial charge is 0.508 e. The summed E-state index contributed by atoms with van der Waals surface area (Å²) in [5, 5.41) is 43.2. The molecule has 1 amide bonds. The number of carbonyl (C=O) groups is 2. The molecule has 12 heteroatoms. The number of aryl methyl sites for hydroxylation is 2. The number of nitrogens with one attached hydrogen (secondary N) is 2. The maximum absolute atomic E-state index is 12.9. The van der Waals surface area contributed by atoms with E-state index in [1.54, 1.807) is 41.4 Å². The molecule has 1 heterocycles. The zero-order valence-electron chi connectivity index (χ0n) is 19.8. The Balaban J connectivity index is 1.62. The summed E-state index contributed by atoms with van der Waals surface area (Å²) in [6.07, 6.45) is 3.69. The highest BCUT2D eigenvalue weighted by atomic mass is 35.5. The molecule has 1 aliphatic rings. The molecule has 0 unspecified atom stereocenters. The van der Waals surface area contributed by atoms with Gasteiger partial charge in [-0.25, -0.2) is 4.79 Å². The number of aliphatic imine (C=N–C) groups is 1. The number of amides is 1. The fourth-order valence-electron chi connectivity index (χ4n) is 4.02. The van der Waals surface area contributed by atoms with Gasteiger partial charge >= 0.3 is 5.97 Å². The van der Waals surface area contributed by atoms with E-state index in [9.17, 15) is 24.9 Å². The zero-order chi connectivity index (χ0) is 26.9. The first kappa shape index (κ1) is 28.1. The number of nitriles is 1. The van der Waals surface area contributed by atoms with Crippen LogP contribution in [0.4, 0.5) is 0 Å². The van der Waals surface area contributed by atoms with E-state index in [2.05, 4.69) is 15.6 Å². The van der Waals surface area contributed by atoms with E-state index in [0.717, 1.165) is 24.0 Å². The van der Waals surface area contributed by atoms with Gasteiger partial charge in [0.1, 0.15) is 11.8 Å². The molecule has 1 aliphatic heterocycles. The fourth-order valence-corrected chi connectivity index (χ4v) is 4.73. The quantitative estimate of drug-likeness (QED) is 0.182. The third kappa shape index (κ3) is 7.98. The third-order valence-electron chi connectivity index (χ3n) is 5.86. The van der Waals surface area contributed by atoms with Crippen molar-refractivity contribution in [1.82, 2.24) is 15.5 Å². The number of carboxylic acids is 1. The minimum Gasteiger partial charge on any atom is -0.508 e. The molecular formula is C25H27Cl2N5O5. The summed E-state index contributed by atoms with van der Waals surface area (Å²) < 4.78 is 0.